The van der Waals surface area contributed by atoms with Crippen LogP contribution in [0, 0.1) is 13.8 Å². The molecule has 0 aliphatic carbocycles. The van der Waals surface area contributed by atoms with Crippen LogP contribution in [-0.2, 0) is 0 Å². The molecule has 1 aromatic rings. The highest BCUT2D eigenvalue weighted by molar-refractivity contribution is 7.79. The van der Waals surface area contributed by atoms with E-state index in [-0.39, 0.29) is 0 Å². The van der Waals surface area contributed by atoms with Gasteiger partial charge in [-0.05, 0) is 33.9 Å². The van der Waals surface area contributed by atoms with E-state index in [1.807, 2.05) is 6.92 Å². The van der Waals surface area contributed by atoms with Gasteiger partial charge in [-0.2, -0.15) is 0 Å². The average molecular weight is 197 g/mol. The minimum atomic E-state index is -1.33. The van der Waals surface area contributed by atoms with Crippen molar-refractivity contribution in [3.05, 3.63) is 11.1 Å². The fraction of sp³-hybridized carbons (Fsp3) is 0.400. The van der Waals surface area contributed by atoms with Crippen LogP contribution in [0.2, 0.25) is 0 Å². The van der Waals surface area contributed by atoms with Gasteiger partial charge in [0.05, 0.1) is 0 Å². The van der Waals surface area contributed by atoms with Crippen LogP contribution in [0.4, 0.5) is 5.88 Å². The molecule has 1 aromatic heterocycles. The van der Waals surface area contributed by atoms with E-state index < -0.39 is 6.89 Å². The lowest BCUT2D eigenvalue weighted by Gasteiger charge is -2.09. The molecular formula is C10H16NOP. The van der Waals surface area contributed by atoms with Crippen molar-refractivity contribution in [2.24, 2.45) is 4.99 Å². The maximum absolute atomic E-state index is 5.62. The molecule has 13 heavy (non-hydrogen) atoms. The molecule has 0 amide bonds. The first kappa shape index (κ1) is 10.3. The van der Waals surface area contributed by atoms with Gasteiger partial charge in [-0.1, -0.05) is 13.2 Å². The summed E-state index contributed by atoms with van der Waals surface area (Å²) in [5.74, 6) is 0.643. The molecule has 0 saturated carbocycles. The first-order chi connectivity index (χ1) is 5.88. The van der Waals surface area contributed by atoms with Gasteiger partial charge in [0.2, 0.25) is 5.88 Å². The Kier molecular flexibility index (Phi) is 2.53. The Morgan fingerprint density at radius 3 is 2.00 bits per heavy atom. The largest absolute Gasteiger partial charge is 0.438 e. The zero-order chi connectivity index (χ0) is 10.2. The molecule has 2 nitrogen and oxygen atoms in total. The van der Waals surface area contributed by atoms with Gasteiger partial charge in [-0.25, -0.2) is 4.99 Å². The maximum atomic E-state index is 5.62. The summed E-state index contributed by atoms with van der Waals surface area (Å²) in [6, 6.07) is 0. The highest BCUT2D eigenvalue weighted by atomic mass is 31.2. The second kappa shape index (κ2) is 3.19. The molecule has 3 heteroatoms. The van der Waals surface area contributed by atoms with Crippen LogP contribution in [0.3, 0.4) is 0 Å². The Labute approximate surface area is 79.7 Å². The summed E-state index contributed by atoms with van der Waals surface area (Å²) in [4.78, 5) is 3.84. The SMILES string of the molecule is C=Nc1oc(P(=C)(C)C)c(C)c1C. The van der Waals surface area contributed by atoms with Crippen LogP contribution in [0.25, 0.3) is 0 Å². The molecule has 1 heterocycles. The van der Waals surface area contributed by atoms with Crippen molar-refractivity contribution in [1.29, 1.82) is 0 Å². The lowest BCUT2D eigenvalue weighted by atomic mass is 10.2. The molecule has 1 rings (SSSR count). The molecule has 72 valence electrons. The van der Waals surface area contributed by atoms with Gasteiger partial charge in [0.15, 0.2) is 0 Å². The van der Waals surface area contributed by atoms with Crippen LogP contribution >= 0.6 is 6.89 Å². The number of hydrogen-bond acceptors (Lipinski definition) is 2. The van der Waals surface area contributed by atoms with E-state index in [0.29, 0.717) is 5.88 Å². The summed E-state index contributed by atoms with van der Waals surface area (Å²) in [6.45, 7) is 10.5. The number of furan rings is 1. The Hall–Kier alpha value is -0.750. The Balaban J connectivity index is 3.42. The Morgan fingerprint density at radius 2 is 1.77 bits per heavy atom. The monoisotopic (exact) mass is 197 g/mol. The lowest BCUT2D eigenvalue weighted by Crippen LogP contribution is -2.03. The zero-order valence-corrected chi connectivity index (χ0v) is 9.61. The molecular weight excluding hydrogens is 181 g/mol. The van der Waals surface area contributed by atoms with Crippen molar-refractivity contribution in [3.8, 4) is 0 Å². The summed E-state index contributed by atoms with van der Waals surface area (Å²) in [7, 11) is 0. The summed E-state index contributed by atoms with van der Waals surface area (Å²) in [5.41, 5.74) is 3.27. The van der Waals surface area contributed by atoms with Crippen molar-refractivity contribution < 1.29 is 4.42 Å². The number of nitrogens with zero attached hydrogens (tertiary/aromatic N) is 1. The molecule has 0 atom stereocenters. The predicted octanol–water partition coefficient (Wildman–Crippen LogP) is 2.56. The molecule has 0 aromatic carbocycles. The molecule has 0 spiro atoms. The molecule has 0 saturated heterocycles. The van der Waals surface area contributed by atoms with E-state index in [9.17, 15) is 0 Å². The third kappa shape index (κ3) is 1.78. The van der Waals surface area contributed by atoms with Crippen LogP contribution in [0.1, 0.15) is 11.1 Å². The maximum Gasteiger partial charge on any atom is 0.221 e. The first-order valence-corrected chi connectivity index (χ1v) is 7.00. The summed E-state index contributed by atoms with van der Waals surface area (Å²) in [5, 5.41) is 0. The van der Waals surface area contributed by atoms with E-state index in [1.165, 1.54) is 5.56 Å². The van der Waals surface area contributed by atoms with Crippen molar-refractivity contribution in [1.82, 2.24) is 0 Å². The van der Waals surface area contributed by atoms with Crippen LogP contribution in [0.15, 0.2) is 9.41 Å². The van der Waals surface area contributed by atoms with Crippen molar-refractivity contribution >= 4 is 31.3 Å². The average Bonchev–Trinajstić information content (AvgIpc) is 2.28. The standard InChI is InChI=1S/C10H16NOP/c1-7-8(2)10(13(4,5)6)12-9(7)11-3/h3-4H2,1-2,5-6H3. The predicted molar refractivity (Wildman–Crippen MR) is 62.9 cm³/mol. The van der Waals surface area contributed by atoms with Crippen molar-refractivity contribution in [2.75, 3.05) is 13.3 Å². The second-order valence-electron chi connectivity index (χ2n) is 3.81. The Bertz CT molecular complexity index is 384. The summed E-state index contributed by atoms with van der Waals surface area (Å²) >= 11 is 0. The normalized spacial score (nSPS) is 11.7. The van der Waals surface area contributed by atoms with Gasteiger partial charge >= 0.3 is 0 Å². The van der Waals surface area contributed by atoms with Crippen molar-refractivity contribution in [3.63, 3.8) is 0 Å². The number of rotatable bonds is 2. The fourth-order valence-electron chi connectivity index (χ4n) is 1.29. The van der Waals surface area contributed by atoms with E-state index in [4.69, 9.17) is 4.42 Å². The van der Waals surface area contributed by atoms with Gasteiger partial charge < -0.3 is 4.42 Å². The number of hydrogen-bond donors (Lipinski definition) is 0. The van der Waals surface area contributed by atoms with Crippen molar-refractivity contribution in [2.45, 2.75) is 13.8 Å². The molecule has 0 N–H and O–H groups in total. The quantitative estimate of drug-likeness (QED) is 0.528. The smallest absolute Gasteiger partial charge is 0.221 e. The van der Waals surface area contributed by atoms with Gasteiger partial charge in [0.1, 0.15) is 5.50 Å². The highest BCUT2D eigenvalue weighted by Crippen LogP contribution is 2.39. The van der Waals surface area contributed by atoms with E-state index >= 15 is 0 Å². The topological polar surface area (TPSA) is 25.5 Å². The second-order valence-corrected chi connectivity index (χ2v) is 7.58. The van der Waals surface area contributed by atoms with Gasteiger partial charge in [-0.3, -0.25) is 0 Å². The third-order valence-electron chi connectivity index (χ3n) is 2.09. The lowest BCUT2D eigenvalue weighted by molar-refractivity contribution is 0.610. The molecule has 0 bridgehead atoms. The first-order valence-electron chi connectivity index (χ1n) is 4.13. The fourth-order valence-corrected chi connectivity index (χ4v) is 2.70. The Morgan fingerprint density at radius 1 is 1.23 bits per heavy atom. The minimum absolute atomic E-state index is 0.643. The van der Waals surface area contributed by atoms with E-state index in [0.717, 1.165) is 11.1 Å². The molecule has 0 aliphatic rings. The summed E-state index contributed by atoms with van der Waals surface area (Å²) in [6.07, 6.45) is 4.15. The highest BCUT2D eigenvalue weighted by Gasteiger charge is 2.17. The van der Waals surface area contributed by atoms with Crippen LogP contribution in [-0.4, -0.2) is 26.3 Å². The third-order valence-corrected chi connectivity index (χ3v) is 3.62. The molecule has 0 aliphatic heterocycles. The van der Waals surface area contributed by atoms with E-state index in [2.05, 4.69) is 38.3 Å². The van der Waals surface area contributed by atoms with Crippen LogP contribution < -0.4 is 5.50 Å². The van der Waals surface area contributed by atoms with Gasteiger partial charge in [-0.15, -0.1) is 0 Å². The van der Waals surface area contributed by atoms with E-state index in [1.54, 1.807) is 0 Å². The zero-order valence-electron chi connectivity index (χ0n) is 8.72. The number of aliphatic imine (C=N–C) groups is 1. The molecule has 0 radical (unpaired) electrons. The molecule has 0 fully saturated rings. The van der Waals surface area contributed by atoms with Gasteiger partial charge in [0, 0.05) is 11.1 Å². The summed E-state index contributed by atoms with van der Waals surface area (Å²) < 4.78 is 5.62. The van der Waals surface area contributed by atoms with Gasteiger partial charge in [0.25, 0.3) is 0 Å². The van der Waals surface area contributed by atoms with Crippen LogP contribution in [0.5, 0.6) is 0 Å². The minimum Gasteiger partial charge on any atom is -0.438 e. The molecule has 0 unspecified atom stereocenters.